The van der Waals surface area contributed by atoms with Gasteiger partial charge in [0.15, 0.2) is 5.75 Å². The molecule has 26 heavy (non-hydrogen) atoms. The zero-order valence-electron chi connectivity index (χ0n) is 13.6. The van der Waals surface area contributed by atoms with Crippen LogP contribution in [0.2, 0.25) is 15.1 Å². The highest BCUT2D eigenvalue weighted by Crippen LogP contribution is 2.35. The van der Waals surface area contributed by atoms with Gasteiger partial charge in [-0.3, -0.25) is 4.79 Å². The number of rotatable bonds is 4. The van der Waals surface area contributed by atoms with Crippen molar-refractivity contribution in [1.29, 1.82) is 0 Å². The van der Waals surface area contributed by atoms with Gasteiger partial charge in [-0.25, -0.2) is 9.98 Å². The topological polar surface area (TPSA) is 74.0 Å². The van der Waals surface area contributed by atoms with E-state index in [2.05, 4.69) is 15.3 Å². The lowest BCUT2D eigenvalue weighted by atomic mass is 10.1. The van der Waals surface area contributed by atoms with E-state index in [1.54, 1.807) is 18.2 Å². The third kappa shape index (κ3) is 4.18. The molecule has 5 nitrogen and oxygen atoms in total. The second-order valence-corrected chi connectivity index (χ2v) is 7.08. The van der Waals surface area contributed by atoms with Gasteiger partial charge in [-0.05, 0) is 47.9 Å². The van der Waals surface area contributed by atoms with Gasteiger partial charge in [0.2, 0.25) is 5.84 Å². The molecule has 8 heteroatoms. The van der Waals surface area contributed by atoms with E-state index in [0.717, 1.165) is 11.1 Å². The number of phenols is 1. The number of phenolic OH excluding ortho intramolecular Hbond substituents is 1. The highest BCUT2D eigenvalue weighted by Gasteiger charge is 2.21. The molecule has 1 atom stereocenters. The zero-order chi connectivity index (χ0) is 18.8. The van der Waals surface area contributed by atoms with Crippen molar-refractivity contribution in [3.63, 3.8) is 0 Å². The Hall–Kier alpha value is -2.08. The summed E-state index contributed by atoms with van der Waals surface area (Å²) in [4.78, 5) is 20.6. The monoisotopic (exact) mass is 409 g/mol. The van der Waals surface area contributed by atoms with Crippen molar-refractivity contribution in [2.75, 3.05) is 0 Å². The van der Waals surface area contributed by atoms with Crippen LogP contribution in [0.4, 0.5) is 0 Å². The van der Waals surface area contributed by atoms with Crippen molar-refractivity contribution in [3.05, 3.63) is 62.1 Å². The van der Waals surface area contributed by atoms with Crippen LogP contribution in [0.15, 0.2) is 40.3 Å². The Morgan fingerprint density at radius 3 is 2.50 bits per heavy atom. The van der Waals surface area contributed by atoms with E-state index in [0.29, 0.717) is 17.1 Å². The van der Waals surface area contributed by atoms with Crippen LogP contribution in [0, 0.1) is 6.92 Å². The SMILES string of the molecule is Cc1cc(Cl)cc(CNC(=O)C2=NC(c3cc(Cl)c(O)c(Cl)c3)C=N2)c1. The first-order chi connectivity index (χ1) is 12.3. The number of amides is 1. The molecule has 3 rings (SSSR count). The standard InChI is InChI=1S/C18H14Cl3N3O2/c1-9-2-10(4-12(19)3-9)7-23-18(26)17-22-8-15(24-17)11-5-13(20)16(25)14(21)6-11/h2-6,8,15,25H,7H2,1H3,(H,23,26). The number of carbonyl (C=O) groups excluding carboxylic acids is 1. The predicted molar refractivity (Wildman–Crippen MR) is 105 cm³/mol. The lowest BCUT2D eigenvalue weighted by Gasteiger charge is -2.08. The summed E-state index contributed by atoms with van der Waals surface area (Å²) in [5.74, 6) is -0.516. The number of benzene rings is 2. The summed E-state index contributed by atoms with van der Waals surface area (Å²) in [6.45, 7) is 2.25. The smallest absolute Gasteiger partial charge is 0.289 e. The Kier molecular flexibility index (Phi) is 5.51. The van der Waals surface area contributed by atoms with E-state index >= 15 is 0 Å². The van der Waals surface area contributed by atoms with Crippen molar-refractivity contribution < 1.29 is 9.90 Å². The van der Waals surface area contributed by atoms with Crippen LogP contribution < -0.4 is 5.32 Å². The fourth-order valence-electron chi connectivity index (χ4n) is 2.55. The fourth-order valence-corrected chi connectivity index (χ4v) is 3.37. The van der Waals surface area contributed by atoms with E-state index in [4.69, 9.17) is 34.8 Å². The molecule has 0 radical (unpaired) electrons. The first-order valence-corrected chi connectivity index (χ1v) is 8.81. The van der Waals surface area contributed by atoms with Gasteiger partial charge in [-0.2, -0.15) is 0 Å². The molecule has 1 aliphatic heterocycles. The van der Waals surface area contributed by atoms with Crippen LogP contribution >= 0.6 is 34.8 Å². The van der Waals surface area contributed by atoms with Crippen LogP contribution in [-0.4, -0.2) is 23.1 Å². The maximum Gasteiger partial charge on any atom is 0.289 e. The highest BCUT2D eigenvalue weighted by atomic mass is 35.5. The fraction of sp³-hybridized carbons (Fsp3) is 0.167. The van der Waals surface area contributed by atoms with Crippen molar-refractivity contribution in [2.45, 2.75) is 19.5 Å². The Labute approximate surface area is 165 Å². The summed E-state index contributed by atoms with van der Waals surface area (Å²) in [7, 11) is 0. The molecular weight excluding hydrogens is 397 g/mol. The van der Waals surface area contributed by atoms with Gasteiger partial charge < -0.3 is 10.4 Å². The van der Waals surface area contributed by atoms with Crippen LogP contribution in [-0.2, 0) is 11.3 Å². The molecule has 0 fully saturated rings. The number of aromatic hydroxyl groups is 1. The highest BCUT2D eigenvalue weighted by molar-refractivity contribution is 6.40. The molecular formula is C18H14Cl3N3O2. The average Bonchev–Trinajstić information content (AvgIpc) is 3.06. The summed E-state index contributed by atoms with van der Waals surface area (Å²) in [6.07, 6.45) is 1.53. The molecule has 1 unspecified atom stereocenters. The average molecular weight is 411 g/mol. The molecule has 0 aliphatic carbocycles. The van der Waals surface area contributed by atoms with Crippen molar-refractivity contribution in [2.24, 2.45) is 9.98 Å². The molecule has 1 aliphatic rings. The first-order valence-electron chi connectivity index (χ1n) is 7.67. The van der Waals surface area contributed by atoms with Crippen molar-refractivity contribution in [3.8, 4) is 5.75 Å². The van der Waals surface area contributed by atoms with Gasteiger partial charge >= 0.3 is 0 Å². The predicted octanol–water partition coefficient (Wildman–Crippen LogP) is 4.50. The number of amidine groups is 1. The number of hydrogen-bond acceptors (Lipinski definition) is 4. The minimum absolute atomic E-state index is 0.0640. The number of aliphatic imine (C=N–C) groups is 2. The summed E-state index contributed by atoms with van der Waals surface area (Å²) in [6, 6.07) is 8.17. The summed E-state index contributed by atoms with van der Waals surface area (Å²) in [5.41, 5.74) is 2.54. The molecule has 0 aromatic heterocycles. The Morgan fingerprint density at radius 2 is 1.85 bits per heavy atom. The zero-order valence-corrected chi connectivity index (χ0v) is 15.9. The van der Waals surface area contributed by atoms with Crippen LogP contribution in [0.5, 0.6) is 5.75 Å². The number of nitrogens with zero attached hydrogens (tertiary/aromatic N) is 2. The Morgan fingerprint density at radius 1 is 1.15 bits per heavy atom. The number of hydrogen-bond donors (Lipinski definition) is 2. The molecule has 2 aromatic rings. The molecule has 1 heterocycles. The second kappa shape index (κ2) is 7.66. The van der Waals surface area contributed by atoms with Gasteiger partial charge in [0.25, 0.3) is 5.91 Å². The molecule has 1 amide bonds. The minimum Gasteiger partial charge on any atom is -0.505 e. The van der Waals surface area contributed by atoms with E-state index in [9.17, 15) is 9.90 Å². The van der Waals surface area contributed by atoms with Crippen LogP contribution in [0.3, 0.4) is 0 Å². The summed E-state index contributed by atoms with van der Waals surface area (Å²) in [5, 5.41) is 13.2. The van der Waals surface area contributed by atoms with Crippen molar-refractivity contribution >= 4 is 52.8 Å². The quantitative estimate of drug-likeness (QED) is 0.778. The van der Waals surface area contributed by atoms with Gasteiger partial charge in [0, 0.05) is 17.8 Å². The second-order valence-electron chi connectivity index (χ2n) is 5.83. The largest absolute Gasteiger partial charge is 0.505 e. The van der Waals surface area contributed by atoms with E-state index in [1.807, 2.05) is 19.1 Å². The van der Waals surface area contributed by atoms with Crippen LogP contribution in [0.25, 0.3) is 0 Å². The molecule has 0 saturated heterocycles. The van der Waals surface area contributed by atoms with E-state index < -0.39 is 11.9 Å². The Balaban J connectivity index is 1.69. The molecule has 0 spiro atoms. The first kappa shape index (κ1) is 18.7. The molecule has 0 bridgehead atoms. The summed E-state index contributed by atoms with van der Waals surface area (Å²) >= 11 is 17.9. The van der Waals surface area contributed by atoms with Crippen molar-refractivity contribution in [1.82, 2.24) is 5.32 Å². The number of nitrogens with one attached hydrogen (secondary N) is 1. The maximum atomic E-state index is 12.3. The Bertz CT molecular complexity index is 898. The van der Waals surface area contributed by atoms with E-state index in [1.165, 1.54) is 6.21 Å². The number of aryl methyl sites for hydroxylation is 1. The number of carbonyl (C=O) groups is 1. The maximum absolute atomic E-state index is 12.3. The lowest BCUT2D eigenvalue weighted by Crippen LogP contribution is -2.28. The van der Waals surface area contributed by atoms with Gasteiger partial charge in [-0.15, -0.1) is 0 Å². The van der Waals surface area contributed by atoms with Gasteiger partial charge in [0.05, 0.1) is 10.0 Å². The third-order valence-electron chi connectivity index (χ3n) is 3.74. The molecule has 0 saturated carbocycles. The molecule has 2 aromatic carbocycles. The normalized spacial score (nSPS) is 15.8. The summed E-state index contributed by atoms with van der Waals surface area (Å²) < 4.78 is 0. The third-order valence-corrected chi connectivity index (χ3v) is 4.53. The van der Waals surface area contributed by atoms with Gasteiger partial charge in [-0.1, -0.05) is 40.9 Å². The molecule has 2 N–H and O–H groups in total. The lowest BCUT2D eigenvalue weighted by molar-refractivity contribution is -0.115. The van der Waals surface area contributed by atoms with Gasteiger partial charge in [0.1, 0.15) is 6.04 Å². The number of halogens is 3. The molecule has 134 valence electrons. The minimum atomic E-state index is -0.486. The van der Waals surface area contributed by atoms with E-state index in [-0.39, 0.29) is 21.6 Å². The van der Waals surface area contributed by atoms with Crippen LogP contribution in [0.1, 0.15) is 22.7 Å².